The summed E-state index contributed by atoms with van der Waals surface area (Å²) in [5.74, 6) is 0. The van der Waals surface area contributed by atoms with Gasteiger partial charge in [0.05, 0.1) is 11.1 Å². The summed E-state index contributed by atoms with van der Waals surface area (Å²) in [5.41, 5.74) is 14.9. The van der Waals surface area contributed by atoms with Crippen molar-refractivity contribution in [2.75, 3.05) is 9.80 Å². The summed E-state index contributed by atoms with van der Waals surface area (Å²) in [4.78, 5) is 4.03. The highest BCUT2D eigenvalue weighted by molar-refractivity contribution is 5.93. The van der Waals surface area contributed by atoms with Gasteiger partial charge in [0.1, 0.15) is 0 Å². The van der Waals surface area contributed by atoms with Crippen molar-refractivity contribution in [2.45, 2.75) is 71.6 Å². The van der Waals surface area contributed by atoms with Crippen LogP contribution < -0.4 is 9.80 Å². The van der Waals surface area contributed by atoms with Crippen molar-refractivity contribution in [3.8, 4) is 22.3 Å². The predicted molar refractivity (Wildman–Crippen MR) is 235 cm³/mol. The molecule has 7 aromatic carbocycles. The van der Waals surface area contributed by atoms with E-state index in [0.29, 0.717) is 17.1 Å². The monoisotopic (exact) mass is 822 g/mol. The molecule has 0 unspecified atom stereocenters. The molecular weight excluding hydrogens is 779 g/mol. The second-order valence-corrected chi connectivity index (χ2v) is 17.5. The molecule has 2 nitrogen and oxygen atoms in total. The van der Waals surface area contributed by atoms with Gasteiger partial charge in [0.2, 0.25) is 0 Å². The fourth-order valence-corrected chi connectivity index (χ4v) is 9.41. The first-order chi connectivity index (χ1) is 28.7. The van der Waals surface area contributed by atoms with E-state index in [0.717, 1.165) is 63.6 Å². The molecule has 0 aromatic heterocycles. The Morgan fingerprint density at radius 3 is 1.20 bits per heavy atom. The molecule has 0 heterocycles. The molecule has 0 aliphatic heterocycles. The van der Waals surface area contributed by atoms with Crippen LogP contribution in [0, 0.1) is 20.8 Å². The molecule has 308 valence electrons. The molecule has 0 radical (unpaired) electrons. The van der Waals surface area contributed by atoms with Gasteiger partial charge in [-0.3, -0.25) is 0 Å². The van der Waals surface area contributed by atoms with Crippen molar-refractivity contribution in [1.29, 1.82) is 0 Å². The third-order valence-corrected chi connectivity index (χ3v) is 12.7. The number of hydrogen-bond donors (Lipinski definition) is 0. The summed E-state index contributed by atoms with van der Waals surface area (Å²) in [6.45, 7) is 15.3. The van der Waals surface area contributed by atoms with E-state index in [4.69, 9.17) is 0 Å². The summed E-state index contributed by atoms with van der Waals surface area (Å²) in [5, 5.41) is 0. The van der Waals surface area contributed by atoms with Crippen LogP contribution in [0.4, 0.5) is 60.5 Å². The van der Waals surface area contributed by atoms with Crippen LogP contribution in [0.15, 0.2) is 140 Å². The van der Waals surface area contributed by atoms with E-state index in [-0.39, 0.29) is 5.41 Å². The van der Waals surface area contributed by atoms with E-state index >= 15 is 0 Å². The van der Waals surface area contributed by atoms with Gasteiger partial charge in [-0.1, -0.05) is 69.2 Å². The minimum Gasteiger partial charge on any atom is -0.310 e. The summed E-state index contributed by atoms with van der Waals surface area (Å²) in [7, 11) is 0. The Bertz CT molecular complexity index is 2730. The van der Waals surface area contributed by atoms with Gasteiger partial charge < -0.3 is 9.80 Å². The summed E-state index contributed by atoms with van der Waals surface area (Å²) >= 11 is 0. The molecule has 9 rings (SSSR count). The third kappa shape index (κ3) is 6.68. The lowest BCUT2D eigenvalue weighted by Gasteiger charge is -2.29. The SMILES string of the molecule is Cc1ccc(N(c2ccc(C)cc2)c2cc(C)c3c(c2)C(C)(C)c2cc4c(cc2-3)C(C)(C)c2cc(N(c3ccc(C(F)(F)F)cc3)c3ccc(C(F)(F)F)cc3)ccc2-4)cc1. The van der Waals surface area contributed by atoms with Crippen LogP contribution in [0.3, 0.4) is 0 Å². The molecule has 2 aliphatic rings. The number of halogens is 6. The summed E-state index contributed by atoms with van der Waals surface area (Å²) in [6, 6.07) is 41.9. The lowest BCUT2D eigenvalue weighted by Crippen LogP contribution is -2.18. The molecule has 7 aromatic rings. The molecule has 0 N–H and O–H groups in total. The van der Waals surface area contributed by atoms with Crippen molar-refractivity contribution >= 4 is 34.1 Å². The molecule has 0 saturated carbocycles. The average molecular weight is 823 g/mol. The van der Waals surface area contributed by atoms with Crippen LogP contribution >= 0.6 is 0 Å². The Balaban J connectivity index is 1.14. The topological polar surface area (TPSA) is 6.48 Å². The number of alkyl halides is 6. The quantitative estimate of drug-likeness (QED) is 0.154. The molecular formula is C53H44F6N2. The standard InChI is InChI=1S/C53H44F6N2/c1-31-8-16-36(17-9-31)61(37-18-10-32(2)11-19-37)41-26-33(3)49-44-30-46-43(29-47(44)51(6,7)48(49)28-41)42-25-24-40(27-45(42)50(46,4)5)60(38-20-12-34(13-21-38)52(54,55)56)39-22-14-35(15-23-39)53(57,58)59/h8-30H,1-7H3. The normalized spacial score (nSPS) is 14.6. The van der Waals surface area contributed by atoms with Gasteiger partial charge in [0.25, 0.3) is 0 Å². The zero-order chi connectivity index (χ0) is 43.4. The zero-order valence-corrected chi connectivity index (χ0v) is 34.9. The lowest BCUT2D eigenvalue weighted by molar-refractivity contribution is -0.138. The molecule has 0 bridgehead atoms. The van der Waals surface area contributed by atoms with Crippen LogP contribution in [-0.4, -0.2) is 0 Å². The Morgan fingerprint density at radius 1 is 0.361 bits per heavy atom. The second-order valence-electron chi connectivity index (χ2n) is 17.5. The Kier molecular flexibility index (Phi) is 9.13. The van der Waals surface area contributed by atoms with Crippen LogP contribution in [0.2, 0.25) is 0 Å². The highest BCUT2D eigenvalue weighted by Crippen LogP contribution is 2.58. The van der Waals surface area contributed by atoms with Crippen molar-refractivity contribution in [1.82, 2.24) is 0 Å². The molecule has 0 fully saturated rings. The van der Waals surface area contributed by atoms with Gasteiger partial charge in [-0.25, -0.2) is 0 Å². The molecule has 0 saturated heterocycles. The first-order valence-electron chi connectivity index (χ1n) is 20.3. The van der Waals surface area contributed by atoms with Gasteiger partial charge in [-0.2, -0.15) is 26.3 Å². The molecule has 0 spiro atoms. The fraction of sp³-hybridized carbons (Fsp3) is 0.208. The van der Waals surface area contributed by atoms with Gasteiger partial charge in [0.15, 0.2) is 0 Å². The van der Waals surface area contributed by atoms with Crippen LogP contribution in [-0.2, 0) is 23.2 Å². The minimum absolute atomic E-state index is 0.346. The fourth-order valence-electron chi connectivity index (χ4n) is 9.41. The van der Waals surface area contributed by atoms with Crippen LogP contribution in [0.1, 0.15) is 77.8 Å². The maximum atomic E-state index is 13.6. The maximum Gasteiger partial charge on any atom is 0.416 e. The molecule has 0 amide bonds. The van der Waals surface area contributed by atoms with Crippen molar-refractivity contribution in [2.24, 2.45) is 0 Å². The number of hydrogen-bond acceptors (Lipinski definition) is 2. The van der Waals surface area contributed by atoms with E-state index in [9.17, 15) is 26.3 Å². The van der Waals surface area contributed by atoms with E-state index in [1.165, 1.54) is 63.2 Å². The smallest absolute Gasteiger partial charge is 0.310 e. The first kappa shape index (κ1) is 40.1. The summed E-state index contributed by atoms with van der Waals surface area (Å²) < 4.78 is 81.6. The number of rotatable bonds is 6. The highest BCUT2D eigenvalue weighted by atomic mass is 19.4. The van der Waals surface area contributed by atoms with E-state index in [1.807, 2.05) is 18.2 Å². The Hall–Kier alpha value is -6.28. The molecule has 8 heteroatoms. The van der Waals surface area contributed by atoms with Crippen molar-refractivity contribution < 1.29 is 26.3 Å². The van der Waals surface area contributed by atoms with Crippen molar-refractivity contribution in [3.05, 3.63) is 190 Å². The van der Waals surface area contributed by atoms with E-state index in [2.05, 4.69) is 126 Å². The van der Waals surface area contributed by atoms with Gasteiger partial charge in [0, 0.05) is 45.0 Å². The molecule has 0 atom stereocenters. The molecule has 61 heavy (non-hydrogen) atoms. The van der Waals surface area contributed by atoms with E-state index in [1.54, 1.807) is 4.90 Å². The largest absolute Gasteiger partial charge is 0.416 e. The predicted octanol–water partition coefficient (Wildman–Crippen LogP) is 16.2. The van der Waals surface area contributed by atoms with Crippen molar-refractivity contribution in [3.63, 3.8) is 0 Å². The number of fused-ring (bicyclic) bond motifs is 6. The van der Waals surface area contributed by atoms with Gasteiger partial charge in [-0.15, -0.1) is 0 Å². The molecule has 2 aliphatic carbocycles. The summed E-state index contributed by atoms with van der Waals surface area (Å²) in [6.07, 6.45) is -9.08. The number of nitrogens with zero attached hydrogens (tertiary/aromatic N) is 2. The maximum absolute atomic E-state index is 13.6. The average Bonchev–Trinajstić information content (AvgIpc) is 3.57. The second kappa shape index (κ2) is 13.9. The number of aryl methyl sites for hydroxylation is 3. The number of benzene rings is 7. The van der Waals surface area contributed by atoms with Crippen LogP contribution in [0.5, 0.6) is 0 Å². The highest BCUT2D eigenvalue weighted by Gasteiger charge is 2.43. The first-order valence-corrected chi connectivity index (χ1v) is 20.3. The lowest BCUT2D eigenvalue weighted by atomic mass is 9.79. The zero-order valence-electron chi connectivity index (χ0n) is 34.9. The third-order valence-electron chi connectivity index (χ3n) is 12.7. The number of anilines is 6. The Labute approximate surface area is 352 Å². The van der Waals surface area contributed by atoms with E-state index < -0.39 is 28.9 Å². The van der Waals surface area contributed by atoms with Crippen LogP contribution in [0.25, 0.3) is 22.3 Å². The van der Waals surface area contributed by atoms with Gasteiger partial charge >= 0.3 is 12.4 Å². The minimum atomic E-state index is -4.54. The Morgan fingerprint density at radius 2 is 0.721 bits per heavy atom. The van der Waals surface area contributed by atoms with Gasteiger partial charge in [-0.05, 0) is 180 Å².